The maximum absolute atomic E-state index is 12.7. The third kappa shape index (κ3) is 2.61. The Kier molecular flexibility index (Phi) is 4.12. The minimum Gasteiger partial charge on any atom is -0.463 e. The number of benzene rings is 2. The summed E-state index contributed by atoms with van der Waals surface area (Å²) < 4.78 is 6.96. The Morgan fingerprint density at radius 3 is 2.77 bits per heavy atom. The number of carbonyl (C=O) groups is 1. The number of nitrogens with one attached hydrogen (secondary N) is 1. The molecule has 1 atom stereocenters. The number of aromatic nitrogens is 4. The third-order valence-corrected chi connectivity index (χ3v) is 4.54. The van der Waals surface area contributed by atoms with E-state index in [1.165, 1.54) is 0 Å². The van der Waals surface area contributed by atoms with E-state index < -0.39 is 6.04 Å². The molecule has 1 aliphatic heterocycles. The number of hydrogen-bond acceptors (Lipinski definition) is 6. The lowest BCUT2D eigenvalue weighted by Crippen LogP contribution is -2.30. The second-order valence-corrected chi connectivity index (χ2v) is 6.05. The second-order valence-electron chi connectivity index (χ2n) is 6.05. The van der Waals surface area contributed by atoms with Crippen molar-refractivity contribution in [3.8, 4) is 0 Å². The van der Waals surface area contributed by atoms with Crippen LogP contribution in [-0.2, 0) is 9.53 Å². The molecule has 1 aromatic heterocycles. The van der Waals surface area contributed by atoms with Gasteiger partial charge in [0.15, 0.2) is 0 Å². The molecule has 0 fully saturated rings. The summed E-state index contributed by atoms with van der Waals surface area (Å²) in [5.74, 6) is 0.171. The van der Waals surface area contributed by atoms with Crippen LogP contribution < -0.4 is 5.32 Å². The van der Waals surface area contributed by atoms with Crippen molar-refractivity contribution in [3.63, 3.8) is 0 Å². The molecule has 1 aliphatic rings. The Morgan fingerprint density at radius 1 is 1.19 bits per heavy atom. The number of ether oxygens (including phenoxy) is 1. The van der Waals surface area contributed by atoms with Gasteiger partial charge >= 0.3 is 5.97 Å². The molecule has 132 valence electrons. The largest absolute Gasteiger partial charge is 0.463 e. The molecule has 0 spiro atoms. The van der Waals surface area contributed by atoms with Crippen molar-refractivity contribution < 1.29 is 9.53 Å². The van der Waals surface area contributed by atoms with Crippen LogP contribution >= 0.6 is 0 Å². The zero-order chi connectivity index (χ0) is 18.1. The monoisotopic (exact) mass is 349 g/mol. The van der Waals surface area contributed by atoms with Crippen molar-refractivity contribution in [1.29, 1.82) is 0 Å². The van der Waals surface area contributed by atoms with E-state index in [9.17, 15) is 4.79 Å². The lowest BCUT2D eigenvalue weighted by atomic mass is 9.93. The number of nitrogens with zero attached hydrogens (tertiary/aromatic N) is 4. The van der Waals surface area contributed by atoms with Crippen LogP contribution in [0, 0.1) is 0 Å². The summed E-state index contributed by atoms with van der Waals surface area (Å²) in [7, 11) is 0. The number of tetrazole rings is 1. The Bertz CT molecular complexity index is 1010. The molecule has 0 bridgehead atoms. The predicted octanol–water partition coefficient (Wildman–Crippen LogP) is 3.07. The van der Waals surface area contributed by atoms with Crippen LogP contribution in [0.15, 0.2) is 53.7 Å². The maximum atomic E-state index is 12.7. The molecule has 7 nitrogen and oxygen atoms in total. The molecule has 1 unspecified atom stereocenters. The first-order chi connectivity index (χ1) is 12.7. The summed E-state index contributed by atoms with van der Waals surface area (Å²) in [5, 5.41) is 17.3. The zero-order valence-electron chi connectivity index (χ0n) is 14.6. The highest BCUT2D eigenvalue weighted by atomic mass is 16.5. The number of anilines is 1. The van der Waals surface area contributed by atoms with E-state index in [1.54, 1.807) is 11.6 Å². The number of carbonyl (C=O) groups excluding carboxylic acids is 1. The molecule has 0 saturated carbocycles. The average Bonchev–Trinajstić information content (AvgIpc) is 3.14. The topological polar surface area (TPSA) is 81.9 Å². The number of fused-ring (bicyclic) bond motifs is 2. The van der Waals surface area contributed by atoms with Crippen molar-refractivity contribution in [2.24, 2.45) is 0 Å². The van der Waals surface area contributed by atoms with Crippen LogP contribution in [0.1, 0.15) is 31.9 Å². The molecule has 1 N–H and O–H groups in total. The molecule has 26 heavy (non-hydrogen) atoms. The molecule has 2 heterocycles. The van der Waals surface area contributed by atoms with Gasteiger partial charge in [0.25, 0.3) is 0 Å². The second kappa shape index (κ2) is 6.59. The average molecular weight is 349 g/mol. The number of rotatable bonds is 4. The van der Waals surface area contributed by atoms with Crippen LogP contribution in [0.4, 0.5) is 5.95 Å². The van der Waals surface area contributed by atoms with Crippen molar-refractivity contribution in [1.82, 2.24) is 20.2 Å². The molecule has 4 rings (SSSR count). The fourth-order valence-electron chi connectivity index (χ4n) is 3.35. The van der Waals surface area contributed by atoms with Crippen LogP contribution in [0.3, 0.4) is 0 Å². The lowest BCUT2D eigenvalue weighted by molar-refractivity contribution is -0.139. The predicted molar refractivity (Wildman–Crippen MR) is 97.5 cm³/mol. The van der Waals surface area contributed by atoms with E-state index in [0.29, 0.717) is 24.5 Å². The molecule has 2 aromatic carbocycles. The van der Waals surface area contributed by atoms with Crippen LogP contribution in [0.5, 0.6) is 0 Å². The highest BCUT2D eigenvalue weighted by Crippen LogP contribution is 2.36. The molecule has 0 amide bonds. The van der Waals surface area contributed by atoms with E-state index in [0.717, 1.165) is 22.0 Å². The van der Waals surface area contributed by atoms with E-state index in [2.05, 4.69) is 39.0 Å². The van der Waals surface area contributed by atoms with Gasteiger partial charge in [0.2, 0.25) is 5.95 Å². The molecule has 0 aliphatic carbocycles. The summed E-state index contributed by atoms with van der Waals surface area (Å²) in [5.41, 5.74) is 2.26. The van der Waals surface area contributed by atoms with Gasteiger partial charge in [-0.2, -0.15) is 4.68 Å². The Hall–Kier alpha value is -3.22. The summed E-state index contributed by atoms with van der Waals surface area (Å²) >= 11 is 0. The van der Waals surface area contributed by atoms with Gasteiger partial charge in [-0.1, -0.05) is 48.4 Å². The number of esters is 1. The van der Waals surface area contributed by atoms with Gasteiger partial charge in [0, 0.05) is 5.70 Å². The van der Waals surface area contributed by atoms with Gasteiger partial charge in [-0.3, -0.25) is 0 Å². The van der Waals surface area contributed by atoms with Gasteiger partial charge in [-0.05, 0) is 46.2 Å². The van der Waals surface area contributed by atoms with Crippen LogP contribution in [0.2, 0.25) is 0 Å². The molecule has 3 aromatic rings. The fraction of sp³-hybridized carbons (Fsp3) is 0.263. The van der Waals surface area contributed by atoms with E-state index in [4.69, 9.17) is 4.74 Å². The van der Waals surface area contributed by atoms with Crippen molar-refractivity contribution in [3.05, 3.63) is 59.3 Å². The minimum absolute atomic E-state index is 0.312. The summed E-state index contributed by atoms with van der Waals surface area (Å²) in [6, 6.07) is 13.8. The molecular formula is C19H19N5O2. The van der Waals surface area contributed by atoms with Crippen molar-refractivity contribution in [2.45, 2.75) is 26.3 Å². The first-order valence-electron chi connectivity index (χ1n) is 8.66. The van der Waals surface area contributed by atoms with E-state index in [1.807, 2.05) is 31.2 Å². The number of hydrogen-bond donors (Lipinski definition) is 1. The molecule has 0 radical (unpaired) electrons. The number of allylic oxidation sites excluding steroid dienone is 1. The lowest BCUT2D eigenvalue weighted by Gasteiger charge is -2.28. The van der Waals surface area contributed by atoms with Gasteiger partial charge in [0.05, 0.1) is 12.2 Å². The zero-order valence-corrected chi connectivity index (χ0v) is 14.6. The smallest absolute Gasteiger partial charge is 0.338 e. The minimum atomic E-state index is -0.431. The summed E-state index contributed by atoms with van der Waals surface area (Å²) in [4.78, 5) is 12.7. The van der Waals surface area contributed by atoms with Gasteiger partial charge in [-0.25, -0.2) is 4.79 Å². The standard InChI is InChI=1S/C19H19N5O2/c1-3-15-16(18(25)26-4-2)17(24-19(20-15)21-22-23-24)14-10-9-12-7-5-6-8-13(12)11-14/h5-11,17H,3-4H2,1-2H3,(H,20,21,23). The quantitative estimate of drug-likeness (QED) is 0.729. The van der Waals surface area contributed by atoms with E-state index in [-0.39, 0.29) is 5.97 Å². The van der Waals surface area contributed by atoms with E-state index >= 15 is 0 Å². The Balaban J connectivity index is 1.91. The molecule has 0 saturated heterocycles. The Labute approximate surface area is 150 Å². The molecule has 7 heteroatoms. The first-order valence-corrected chi connectivity index (χ1v) is 8.66. The maximum Gasteiger partial charge on any atom is 0.338 e. The highest BCUT2D eigenvalue weighted by Gasteiger charge is 2.35. The van der Waals surface area contributed by atoms with Crippen LogP contribution in [0.25, 0.3) is 10.8 Å². The Morgan fingerprint density at radius 2 is 2.00 bits per heavy atom. The summed E-state index contributed by atoms with van der Waals surface area (Å²) in [6.45, 7) is 4.10. The van der Waals surface area contributed by atoms with Gasteiger partial charge < -0.3 is 10.1 Å². The third-order valence-electron chi connectivity index (χ3n) is 4.54. The van der Waals surface area contributed by atoms with Gasteiger partial charge in [-0.15, -0.1) is 0 Å². The first kappa shape index (κ1) is 16.3. The van der Waals surface area contributed by atoms with Gasteiger partial charge in [0.1, 0.15) is 6.04 Å². The van der Waals surface area contributed by atoms with Crippen LogP contribution in [-0.4, -0.2) is 32.8 Å². The van der Waals surface area contributed by atoms with Crippen molar-refractivity contribution in [2.75, 3.05) is 11.9 Å². The highest BCUT2D eigenvalue weighted by molar-refractivity contribution is 5.93. The summed E-state index contributed by atoms with van der Waals surface area (Å²) in [6.07, 6.45) is 0.644. The fourth-order valence-corrected chi connectivity index (χ4v) is 3.35. The SMILES string of the molecule is CCOC(=O)C1=C(CC)Nc2nnnn2C1c1ccc2ccccc2c1. The normalized spacial score (nSPS) is 16.3. The van der Waals surface area contributed by atoms with Crippen molar-refractivity contribution >= 4 is 22.7 Å². The molecular weight excluding hydrogens is 330 g/mol.